The van der Waals surface area contributed by atoms with E-state index in [4.69, 9.17) is 9.47 Å². The van der Waals surface area contributed by atoms with Crippen LogP contribution in [0.1, 0.15) is 85.5 Å². The summed E-state index contributed by atoms with van der Waals surface area (Å²) in [5, 5.41) is 0. The van der Waals surface area contributed by atoms with Crippen LogP contribution in [-0.4, -0.2) is 35.3 Å². The summed E-state index contributed by atoms with van der Waals surface area (Å²) in [6, 6.07) is 43.8. The van der Waals surface area contributed by atoms with E-state index < -0.39 is 47.5 Å². The molecule has 1 aliphatic rings. The van der Waals surface area contributed by atoms with Crippen LogP contribution in [0.4, 0.5) is 5.69 Å². The fourth-order valence-corrected chi connectivity index (χ4v) is 6.01. The number of hydrogen-bond donors (Lipinski definition) is 0. The summed E-state index contributed by atoms with van der Waals surface area (Å²) < 4.78 is 11.5. The Hall–Kier alpha value is -7.26. The third kappa shape index (κ3) is 7.04. The van der Waals surface area contributed by atoms with Crippen molar-refractivity contribution in [1.82, 2.24) is 0 Å². The second-order valence-corrected chi connectivity index (χ2v) is 12.1. The highest BCUT2D eigenvalue weighted by Crippen LogP contribution is 2.31. The second-order valence-electron chi connectivity index (χ2n) is 12.1. The van der Waals surface area contributed by atoms with Gasteiger partial charge in [-0.1, -0.05) is 121 Å². The fraction of sp³-hybridized carbons (Fsp3) is 0.0455. The van der Waals surface area contributed by atoms with E-state index in [1.807, 2.05) is 0 Å². The Morgan fingerprint density at radius 2 is 0.811 bits per heavy atom. The SMILES string of the molecule is O=C(O[C@H](C(=O)c1ccccc1)c1ccccc1)c1ccc(N2C(=O)c3ccc(C(=O)O[C@@H](C(=O)c4ccccc4)c4ccccc4)cc3C2=O)cc1. The first kappa shape index (κ1) is 34.2. The Labute approximate surface area is 304 Å². The van der Waals surface area contributed by atoms with Gasteiger partial charge in [0.2, 0.25) is 11.6 Å². The number of fused-ring (bicyclic) bond motifs is 1. The summed E-state index contributed by atoms with van der Waals surface area (Å²) in [4.78, 5) is 81.6. The standard InChI is InChI=1S/C44H29NO8/c46-37(28-13-5-1-6-14-28)39(30-17-9-3-10-18-30)52-43(50)32-21-24-34(25-22-32)45-41(48)35-26-23-33(27-36(35)42(45)49)44(51)53-40(31-19-11-4-12-20-31)38(47)29-15-7-2-8-16-29/h1-27,39-40H/t39-,40+/m0/s1. The molecule has 0 radical (unpaired) electrons. The zero-order valence-electron chi connectivity index (χ0n) is 28.0. The Morgan fingerprint density at radius 3 is 1.28 bits per heavy atom. The third-order valence-corrected chi connectivity index (χ3v) is 8.73. The lowest BCUT2D eigenvalue weighted by atomic mass is 9.99. The number of Topliss-reactive ketones (excluding diaryl/α,β-unsaturated/α-hetero) is 2. The van der Waals surface area contributed by atoms with Gasteiger partial charge < -0.3 is 9.47 Å². The van der Waals surface area contributed by atoms with Crippen molar-refractivity contribution >= 4 is 41.0 Å². The van der Waals surface area contributed by atoms with Crippen LogP contribution in [0, 0.1) is 0 Å². The number of ether oxygens (including phenoxy) is 2. The summed E-state index contributed by atoms with van der Waals surface area (Å²) in [5.41, 5.74) is 2.00. The topological polar surface area (TPSA) is 124 Å². The molecular formula is C44H29NO8. The molecule has 9 nitrogen and oxygen atoms in total. The zero-order valence-corrected chi connectivity index (χ0v) is 28.0. The molecule has 0 saturated heterocycles. The Balaban J connectivity index is 1.08. The number of anilines is 1. The van der Waals surface area contributed by atoms with Crippen molar-refractivity contribution in [2.75, 3.05) is 4.90 Å². The van der Waals surface area contributed by atoms with Crippen molar-refractivity contribution in [2.24, 2.45) is 0 Å². The Bertz CT molecular complexity index is 2340. The number of hydrogen-bond acceptors (Lipinski definition) is 8. The molecule has 0 aromatic heterocycles. The van der Waals surface area contributed by atoms with Crippen LogP contribution < -0.4 is 4.90 Å². The molecular weight excluding hydrogens is 670 g/mol. The number of nitrogens with zero attached hydrogens (tertiary/aromatic N) is 1. The van der Waals surface area contributed by atoms with Gasteiger partial charge in [-0.05, 0) is 42.5 Å². The molecule has 0 bridgehead atoms. The maximum absolute atomic E-state index is 13.6. The predicted octanol–water partition coefficient (Wildman–Crippen LogP) is 8.05. The van der Waals surface area contributed by atoms with Crippen molar-refractivity contribution in [2.45, 2.75) is 12.2 Å². The summed E-state index contributed by atoms with van der Waals surface area (Å²) in [5.74, 6) is -3.76. The third-order valence-electron chi connectivity index (χ3n) is 8.73. The highest BCUT2D eigenvalue weighted by atomic mass is 16.6. The average molecular weight is 700 g/mol. The summed E-state index contributed by atoms with van der Waals surface area (Å²) in [6.45, 7) is 0. The predicted molar refractivity (Wildman–Crippen MR) is 195 cm³/mol. The lowest BCUT2D eigenvalue weighted by molar-refractivity contribution is 0.0278. The Kier molecular flexibility index (Phi) is 9.63. The number of carbonyl (C=O) groups excluding carboxylic acids is 6. The molecule has 2 amide bonds. The number of benzene rings is 6. The highest BCUT2D eigenvalue weighted by molar-refractivity contribution is 6.34. The lowest BCUT2D eigenvalue weighted by Crippen LogP contribution is -2.29. The lowest BCUT2D eigenvalue weighted by Gasteiger charge is -2.18. The maximum Gasteiger partial charge on any atom is 0.339 e. The van der Waals surface area contributed by atoms with Crippen molar-refractivity contribution in [3.63, 3.8) is 0 Å². The van der Waals surface area contributed by atoms with Gasteiger partial charge in [0.05, 0.1) is 27.9 Å². The van der Waals surface area contributed by atoms with Gasteiger partial charge in [-0.25, -0.2) is 14.5 Å². The quantitative estimate of drug-likeness (QED) is 0.0756. The molecule has 0 fully saturated rings. The molecule has 7 rings (SSSR count). The summed E-state index contributed by atoms with van der Waals surface area (Å²) >= 11 is 0. The number of amides is 2. The molecule has 258 valence electrons. The molecule has 2 atom stereocenters. The van der Waals surface area contributed by atoms with Crippen LogP contribution in [-0.2, 0) is 9.47 Å². The molecule has 0 unspecified atom stereocenters. The molecule has 0 N–H and O–H groups in total. The van der Waals surface area contributed by atoms with Gasteiger partial charge in [-0.3, -0.25) is 19.2 Å². The molecule has 0 aliphatic carbocycles. The van der Waals surface area contributed by atoms with E-state index in [0.29, 0.717) is 22.3 Å². The van der Waals surface area contributed by atoms with Crippen molar-refractivity contribution in [3.8, 4) is 0 Å². The first-order chi connectivity index (χ1) is 25.8. The number of ketones is 2. The van der Waals surface area contributed by atoms with Gasteiger partial charge >= 0.3 is 11.9 Å². The van der Waals surface area contributed by atoms with Gasteiger partial charge in [0.15, 0.2) is 12.2 Å². The van der Waals surface area contributed by atoms with Crippen molar-refractivity contribution in [1.29, 1.82) is 0 Å². The number of esters is 2. The van der Waals surface area contributed by atoms with Crippen LogP contribution >= 0.6 is 0 Å². The molecule has 9 heteroatoms. The largest absolute Gasteiger partial charge is 0.445 e. The van der Waals surface area contributed by atoms with Crippen LogP contribution in [0.25, 0.3) is 0 Å². The van der Waals surface area contributed by atoms with E-state index in [0.717, 1.165) is 4.90 Å². The number of rotatable bonds is 11. The minimum absolute atomic E-state index is 0.0235. The van der Waals surface area contributed by atoms with Gasteiger partial charge in [0.25, 0.3) is 11.8 Å². The second kappa shape index (κ2) is 14.9. The maximum atomic E-state index is 13.6. The minimum atomic E-state index is -1.25. The molecule has 53 heavy (non-hydrogen) atoms. The monoisotopic (exact) mass is 699 g/mol. The zero-order chi connectivity index (χ0) is 36.9. The molecule has 6 aromatic rings. The molecule has 1 heterocycles. The molecule has 0 spiro atoms. The van der Waals surface area contributed by atoms with E-state index in [2.05, 4.69) is 0 Å². The van der Waals surface area contributed by atoms with Crippen LogP contribution in [0.3, 0.4) is 0 Å². The van der Waals surface area contributed by atoms with Crippen molar-refractivity contribution in [3.05, 3.63) is 208 Å². The summed E-state index contributed by atoms with van der Waals surface area (Å²) in [6.07, 6.45) is -2.46. The van der Waals surface area contributed by atoms with Gasteiger partial charge in [-0.15, -0.1) is 0 Å². The van der Waals surface area contributed by atoms with E-state index in [9.17, 15) is 28.8 Å². The van der Waals surface area contributed by atoms with Crippen LogP contribution in [0.5, 0.6) is 0 Å². The normalized spacial score (nSPS) is 13.1. The minimum Gasteiger partial charge on any atom is -0.445 e. The van der Waals surface area contributed by atoms with Gasteiger partial charge in [-0.2, -0.15) is 0 Å². The Morgan fingerprint density at radius 1 is 0.415 bits per heavy atom. The molecule has 0 saturated carbocycles. The smallest absolute Gasteiger partial charge is 0.339 e. The van der Waals surface area contributed by atoms with E-state index in [1.54, 1.807) is 121 Å². The van der Waals surface area contributed by atoms with Crippen LogP contribution in [0.2, 0.25) is 0 Å². The first-order valence-electron chi connectivity index (χ1n) is 16.6. The van der Waals surface area contributed by atoms with E-state index in [-0.39, 0.29) is 27.9 Å². The first-order valence-corrected chi connectivity index (χ1v) is 16.6. The van der Waals surface area contributed by atoms with Gasteiger partial charge in [0, 0.05) is 22.3 Å². The average Bonchev–Trinajstić information content (AvgIpc) is 3.47. The molecule has 1 aliphatic heterocycles. The highest BCUT2D eigenvalue weighted by Gasteiger charge is 2.38. The number of carbonyl (C=O) groups is 6. The number of imide groups is 1. The van der Waals surface area contributed by atoms with Crippen molar-refractivity contribution < 1.29 is 38.2 Å². The van der Waals surface area contributed by atoms with Crippen LogP contribution in [0.15, 0.2) is 164 Å². The summed E-state index contributed by atoms with van der Waals surface area (Å²) in [7, 11) is 0. The fourth-order valence-electron chi connectivity index (χ4n) is 6.01. The van der Waals surface area contributed by atoms with E-state index in [1.165, 1.54) is 42.5 Å². The molecule has 6 aromatic carbocycles. The van der Waals surface area contributed by atoms with Gasteiger partial charge in [0.1, 0.15) is 0 Å². The van der Waals surface area contributed by atoms with E-state index >= 15 is 0 Å².